The van der Waals surface area contributed by atoms with E-state index in [-0.39, 0.29) is 22.9 Å². The van der Waals surface area contributed by atoms with Crippen LogP contribution < -0.4 is 15.8 Å². The molecule has 1 amide bonds. The summed E-state index contributed by atoms with van der Waals surface area (Å²) in [5, 5.41) is 2.84. The number of aromatic nitrogens is 1. The molecule has 1 aliphatic heterocycles. The lowest BCUT2D eigenvalue weighted by Gasteiger charge is -2.31. The van der Waals surface area contributed by atoms with Crippen LogP contribution in [0.5, 0.6) is 5.75 Å². The number of sulfonamides is 1. The highest BCUT2D eigenvalue weighted by molar-refractivity contribution is 7.89. The molecular weight excluding hydrogens is 422 g/mol. The Hall–Kier alpha value is -3.11. The van der Waals surface area contributed by atoms with E-state index >= 15 is 0 Å². The monoisotopic (exact) mass is 445 g/mol. The predicted octanol–water partition coefficient (Wildman–Crippen LogP) is 2.18. The summed E-state index contributed by atoms with van der Waals surface area (Å²) in [7, 11) is -0.779. The first-order valence-corrected chi connectivity index (χ1v) is 11.3. The van der Waals surface area contributed by atoms with E-state index in [1.165, 1.54) is 28.1 Å². The molecule has 164 valence electrons. The number of anilines is 1. The molecule has 2 aromatic carbocycles. The minimum Gasteiger partial charge on any atom is -0.495 e. The molecule has 2 heterocycles. The number of nitrogens with zero attached hydrogens (tertiary/aromatic N) is 2. The fraction of sp³-hybridized carbons (Fsp3) is 0.333. The van der Waals surface area contributed by atoms with Gasteiger partial charge < -0.3 is 14.5 Å². The Kier molecular flexibility index (Phi) is 5.59. The molecule has 9 nitrogen and oxygen atoms in total. The number of oxazole rings is 1. The predicted molar refractivity (Wildman–Crippen MR) is 115 cm³/mol. The van der Waals surface area contributed by atoms with Gasteiger partial charge in [0.05, 0.1) is 29.1 Å². The molecule has 0 radical (unpaired) electrons. The maximum Gasteiger partial charge on any atom is 0.419 e. The van der Waals surface area contributed by atoms with Gasteiger partial charge in [0, 0.05) is 26.2 Å². The zero-order valence-electron chi connectivity index (χ0n) is 17.2. The number of para-hydroxylation sites is 2. The smallest absolute Gasteiger partial charge is 0.419 e. The average Bonchev–Trinajstić information content (AvgIpc) is 3.07. The first kappa shape index (κ1) is 21.1. The van der Waals surface area contributed by atoms with E-state index in [4.69, 9.17) is 9.15 Å². The largest absolute Gasteiger partial charge is 0.495 e. The number of benzene rings is 2. The Balaban J connectivity index is 1.54. The molecule has 1 atom stereocenters. The Labute approximate surface area is 179 Å². The minimum absolute atomic E-state index is 0.0279. The zero-order valence-corrected chi connectivity index (χ0v) is 18.0. The lowest BCUT2D eigenvalue weighted by molar-refractivity contribution is -0.120. The fourth-order valence-corrected chi connectivity index (χ4v) is 5.32. The molecule has 31 heavy (non-hydrogen) atoms. The number of carbonyl (C=O) groups excluding carboxylic acids is 1. The van der Waals surface area contributed by atoms with Gasteiger partial charge in [0.15, 0.2) is 5.58 Å². The SMILES string of the molecule is COc1ccccc1NC(=O)C1CCCN(S(=O)(=O)c2ccc3c(c2)oc(=O)n3C)C1. The molecule has 0 aliphatic carbocycles. The van der Waals surface area contributed by atoms with E-state index in [1.807, 2.05) is 0 Å². The Morgan fingerprint density at radius 1 is 1.23 bits per heavy atom. The fourth-order valence-electron chi connectivity index (χ4n) is 3.78. The van der Waals surface area contributed by atoms with Gasteiger partial charge in [-0.05, 0) is 37.1 Å². The lowest BCUT2D eigenvalue weighted by Crippen LogP contribution is -2.43. The number of fused-ring (bicyclic) bond motifs is 1. The number of methoxy groups -OCH3 is 1. The van der Waals surface area contributed by atoms with Crippen LogP contribution in [0.3, 0.4) is 0 Å². The van der Waals surface area contributed by atoms with E-state index in [0.29, 0.717) is 36.3 Å². The third kappa shape index (κ3) is 3.96. The van der Waals surface area contributed by atoms with Gasteiger partial charge in [-0.1, -0.05) is 12.1 Å². The van der Waals surface area contributed by atoms with Crippen LogP contribution in [0.2, 0.25) is 0 Å². The van der Waals surface area contributed by atoms with Crippen molar-refractivity contribution in [3.63, 3.8) is 0 Å². The second-order valence-corrected chi connectivity index (χ2v) is 9.39. The second-order valence-electron chi connectivity index (χ2n) is 7.45. The number of amides is 1. The van der Waals surface area contributed by atoms with Crippen LogP contribution in [0.4, 0.5) is 5.69 Å². The maximum atomic E-state index is 13.2. The molecule has 0 bridgehead atoms. The molecule has 1 aromatic heterocycles. The quantitative estimate of drug-likeness (QED) is 0.644. The van der Waals surface area contributed by atoms with Crippen LogP contribution >= 0.6 is 0 Å². The van der Waals surface area contributed by atoms with Gasteiger partial charge >= 0.3 is 5.76 Å². The molecule has 1 unspecified atom stereocenters. The maximum absolute atomic E-state index is 13.2. The number of aryl methyl sites for hydroxylation is 1. The normalized spacial score (nSPS) is 17.5. The van der Waals surface area contributed by atoms with Crippen LogP contribution in [0.15, 0.2) is 56.6 Å². The summed E-state index contributed by atoms with van der Waals surface area (Å²) in [4.78, 5) is 24.5. The summed E-state index contributed by atoms with van der Waals surface area (Å²) in [5.41, 5.74) is 1.26. The molecule has 3 aromatic rings. The summed E-state index contributed by atoms with van der Waals surface area (Å²) in [6.07, 6.45) is 1.14. The van der Waals surface area contributed by atoms with Crippen LogP contribution in [0, 0.1) is 5.92 Å². The topological polar surface area (TPSA) is 111 Å². The van der Waals surface area contributed by atoms with Crippen LogP contribution in [0.1, 0.15) is 12.8 Å². The highest BCUT2D eigenvalue weighted by Crippen LogP contribution is 2.28. The van der Waals surface area contributed by atoms with Crippen molar-refractivity contribution in [2.45, 2.75) is 17.7 Å². The van der Waals surface area contributed by atoms with Crippen LogP contribution in [-0.4, -0.2) is 43.4 Å². The molecule has 0 spiro atoms. The molecule has 4 rings (SSSR count). The molecule has 1 N–H and O–H groups in total. The van der Waals surface area contributed by atoms with Gasteiger partial charge in [0.25, 0.3) is 0 Å². The third-order valence-electron chi connectivity index (χ3n) is 5.52. The van der Waals surface area contributed by atoms with Crippen molar-refractivity contribution >= 4 is 32.7 Å². The highest BCUT2D eigenvalue weighted by Gasteiger charge is 2.34. The third-order valence-corrected chi connectivity index (χ3v) is 7.38. The van der Waals surface area contributed by atoms with Crippen molar-refractivity contribution in [1.29, 1.82) is 0 Å². The van der Waals surface area contributed by atoms with E-state index in [9.17, 15) is 18.0 Å². The first-order chi connectivity index (χ1) is 14.8. The van der Waals surface area contributed by atoms with Crippen LogP contribution in [-0.2, 0) is 21.9 Å². The number of piperidine rings is 1. The molecule has 10 heteroatoms. The molecule has 1 aliphatic rings. The first-order valence-electron chi connectivity index (χ1n) is 9.85. The van der Waals surface area contributed by atoms with Crippen molar-refractivity contribution in [3.8, 4) is 5.75 Å². The number of hydrogen-bond acceptors (Lipinski definition) is 6. The molecule has 1 fully saturated rings. The number of rotatable bonds is 5. The molecule has 0 saturated carbocycles. The van der Waals surface area contributed by atoms with Gasteiger partial charge in [-0.2, -0.15) is 4.31 Å². The van der Waals surface area contributed by atoms with Crippen molar-refractivity contribution in [1.82, 2.24) is 8.87 Å². The van der Waals surface area contributed by atoms with E-state index in [1.54, 1.807) is 37.4 Å². The van der Waals surface area contributed by atoms with Crippen molar-refractivity contribution in [2.75, 3.05) is 25.5 Å². The van der Waals surface area contributed by atoms with Gasteiger partial charge in [0.1, 0.15) is 5.75 Å². The summed E-state index contributed by atoms with van der Waals surface area (Å²) < 4.78 is 39.4. The average molecular weight is 445 g/mol. The summed E-state index contributed by atoms with van der Waals surface area (Å²) in [6.45, 7) is 0.387. The summed E-state index contributed by atoms with van der Waals surface area (Å²) >= 11 is 0. The standard InChI is InChI=1S/C21H23N3O6S/c1-23-17-10-9-15(12-19(17)30-21(23)26)31(27,28)24-11-5-6-14(13-24)20(25)22-16-7-3-4-8-18(16)29-2/h3-4,7-10,12,14H,5-6,11,13H2,1-2H3,(H,22,25). The van der Waals surface area contributed by atoms with E-state index < -0.39 is 21.7 Å². The Bertz CT molecular complexity index is 1290. The number of hydrogen-bond donors (Lipinski definition) is 1. The van der Waals surface area contributed by atoms with Crippen molar-refractivity contribution in [2.24, 2.45) is 13.0 Å². The minimum atomic E-state index is -3.85. The molecular formula is C21H23N3O6S. The van der Waals surface area contributed by atoms with Gasteiger partial charge in [-0.15, -0.1) is 0 Å². The van der Waals surface area contributed by atoms with Gasteiger partial charge in [0.2, 0.25) is 15.9 Å². The number of carbonyl (C=O) groups is 1. The number of ether oxygens (including phenoxy) is 1. The van der Waals surface area contributed by atoms with E-state index in [2.05, 4.69) is 5.32 Å². The van der Waals surface area contributed by atoms with E-state index in [0.717, 1.165) is 0 Å². The highest BCUT2D eigenvalue weighted by atomic mass is 32.2. The van der Waals surface area contributed by atoms with Gasteiger partial charge in [-0.25, -0.2) is 13.2 Å². The van der Waals surface area contributed by atoms with Crippen LogP contribution in [0.25, 0.3) is 11.1 Å². The zero-order chi connectivity index (χ0) is 22.2. The van der Waals surface area contributed by atoms with Crippen molar-refractivity contribution in [3.05, 3.63) is 53.0 Å². The van der Waals surface area contributed by atoms with Gasteiger partial charge in [-0.3, -0.25) is 9.36 Å². The molecule has 1 saturated heterocycles. The second kappa shape index (κ2) is 8.20. The summed E-state index contributed by atoms with van der Waals surface area (Å²) in [6, 6.07) is 11.4. The number of nitrogens with one attached hydrogen (secondary N) is 1. The Morgan fingerprint density at radius 3 is 2.77 bits per heavy atom. The van der Waals surface area contributed by atoms with Crippen molar-refractivity contribution < 1.29 is 22.4 Å². The summed E-state index contributed by atoms with van der Waals surface area (Å²) in [5.74, 6) is -0.773. The Morgan fingerprint density at radius 2 is 2.00 bits per heavy atom. The lowest BCUT2D eigenvalue weighted by atomic mass is 9.98.